The molecule has 1 atom stereocenters. The van der Waals surface area contributed by atoms with Crippen LogP contribution in [0.2, 0.25) is 0 Å². The largest absolute Gasteiger partial charge is 0.325 e. The van der Waals surface area contributed by atoms with Gasteiger partial charge in [0.15, 0.2) is 0 Å². The van der Waals surface area contributed by atoms with Crippen LogP contribution in [0.25, 0.3) is 0 Å². The number of aryl methyl sites for hydroxylation is 1. The molecule has 0 spiro atoms. The number of carbonyl (C=O) groups is 2. The van der Waals surface area contributed by atoms with Gasteiger partial charge in [0, 0.05) is 6.54 Å². The molecule has 1 N–H and O–H groups in total. The SMILES string of the molecule is CCCCCC1(c2ccc(F)cc2)NC(=O)N(CCCN2CCC(C#N)(c3ccccc3C)CC2)C1=O. The number of halogens is 1. The van der Waals surface area contributed by atoms with E-state index >= 15 is 0 Å². The number of urea groups is 1. The fraction of sp³-hybridized carbons (Fsp3) is 0.500. The van der Waals surface area contributed by atoms with Gasteiger partial charge in [0.05, 0.1) is 11.5 Å². The lowest BCUT2D eigenvalue weighted by Crippen LogP contribution is -2.44. The van der Waals surface area contributed by atoms with Crippen molar-refractivity contribution in [2.45, 2.75) is 69.7 Å². The van der Waals surface area contributed by atoms with E-state index < -0.39 is 11.0 Å². The van der Waals surface area contributed by atoms with E-state index in [0.717, 1.165) is 62.9 Å². The van der Waals surface area contributed by atoms with Crippen LogP contribution < -0.4 is 5.32 Å². The molecule has 0 aromatic heterocycles. The van der Waals surface area contributed by atoms with E-state index in [-0.39, 0.29) is 17.8 Å². The maximum absolute atomic E-state index is 13.6. The van der Waals surface area contributed by atoms with Crippen molar-refractivity contribution in [1.29, 1.82) is 5.26 Å². The van der Waals surface area contributed by atoms with E-state index in [2.05, 4.69) is 42.3 Å². The Kier molecular flexibility index (Phi) is 8.29. The van der Waals surface area contributed by atoms with Crippen molar-refractivity contribution >= 4 is 11.9 Å². The summed E-state index contributed by atoms with van der Waals surface area (Å²) >= 11 is 0. The maximum atomic E-state index is 13.6. The number of piperidine rings is 1. The van der Waals surface area contributed by atoms with Crippen LogP contribution in [-0.4, -0.2) is 47.9 Å². The van der Waals surface area contributed by atoms with Gasteiger partial charge in [0.2, 0.25) is 0 Å². The van der Waals surface area contributed by atoms with Crippen molar-refractivity contribution in [3.05, 3.63) is 71.0 Å². The molecule has 2 saturated heterocycles. The van der Waals surface area contributed by atoms with Gasteiger partial charge in [-0.15, -0.1) is 0 Å². The number of nitrogens with one attached hydrogen (secondary N) is 1. The lowest BCUT2D eigenvalue weighted by Gasteiger charge is -2.38. The van der Waals surface area contributed by atoms with Gasteiger partial charge < -0.3 is 10.2 Å². The zero-order valence-electron chi connectivity index (χ0n) is 21.9. The van der Waals surface area contributed by atoms with Crippen molar-refractivity contribution in [3.63, 3.8) is 0 Å². The molecule has 7 heteroatoms. The zero-order valence-corrected chi connectivity index (χ0v) is 21.9. The fourth-order valence-electron chi connectivity index (χ4n) is 5.88. The van der Waals surface area contributed by atoms with Crippen LogP contribution in [0.5, 0.6) is 0 Å². The van der Waals surface area contributed by atoms with Gasteiger partial charge in [-0.3, -0.25) is 9.69 Å². The highest BCUT2D eigenvalue weighted by atomic mass is 19.1. The summed E-state index contributed by atoms with van der Waals surface area (Å²) in [6, 6.07) is 16.2. The number of hydrogen-bond acceptors (Lipinski definition) is 4. The Balaban J connectivity index is 1.37. The predicted molar refractivity (Wildman–Crippen MR) is 141 cm³/mol. The molecule has 2 aromatic carbocycles. The van der Waals surface area contributed by atoms with Gasteiger partial charge in [-0.25, -0.2) is 9.18 Å². The molecule has 3 amide bonds. The van der Waals surface area contributed by atoms with E-state index in [1.807, 2.05) is 12.1 Å². The number of nitriles is 1. The van der Waals surface area contributed by atoms with E-state index in [1.54, 1.807) is 12.1 Å². The minimum absolute atomic E-state index is 0.248. The van der Waals surface area contributed by atoms with Crippen molar-refractivity contribution in [2.75, 3.05) is 26.2 Å². The molecule has 0 aliphatic carbocycles. The Morgan fingerprint density at radius 3 is 2.35 bits per heavy atom. The second-order valence-electron chi connectivity index (χ2n) is 10.5. The van der Waals surface area contributed by atoms with Crippen molar-refractivity contribution in [3.8, 4) is 6.07 Å². The summed E-state index contributed by atoms with van der Waals surface area (Å²) in [7, 11) is 0. The number of amides is 3. The first kappa shape index (κ1) is 26.8. The monoisotopic (exact) mass is 504 g/mol. The Labute approximate surface area is 219 Å². The second kappa shape index (κ2) is 11.4. The standard InChI is InChI=1S/C30H37FN4O2/c1-3-4-7-15-30(24-11-13-25(31)14-12-24)27(36)35(28(37)33-30)19-8-18-34-20-16-29(22-32,17-21-34)26-10-6-5-9-23(26)2/h5-6,9-14H,3-4,7-8,15-21H2,1-2H3,(H,33,37). The highest BCUT2D eigenvalue weighted by Gasteiger charge is 2.51. The van der Waals surface area contributed by atoms with E-state index in [9.17, 15) is 19.2 Å². The molecule has 2 aliphatic heterocycles. The number of benzene rings is 2. The van der Waals surface area contributed by atoms with Crippen LogP contribution in [0.3, 0.4) is 0 Å². The second-order valence-corrected chi connectivity index (χ2v) is 10.5. The Bertz CT molecular complexity index is 1150. The quantitative estimate of drug-likeness (QED) is 0.347. The molecular formula is C30H37FN4O2. The van der Waals surface area contributed by atoms with E-state index in [1.165, 1.54) is 17.0 Å². The molecule has 2 heterocycles. The molecule has 0 radical (unpaired) electrons. The molecule has 0 saturated carbocycles. The van der Waals surface area contributed by atoms with Gasteiger partial charge in [0.1, 0.15) is 11.4 Å². The van der Waals surface area contributed by atoms with Crippen molar-refractivity contribution in [2.24, 2.45) is 0 Å². The Hall–Kier alpha value is -3.24. The van der Waals surface area contributed by atoms with E-state index in [4.69, 9.17) is 0 Å². The molecule has 37 heavy (non-hydrogen) atoms. The highest BCUT2D eigenvalue weighted by Crippen LogP contribution is 2.37. The van der Waals surface area contributed by atoms with Gasteiger partial charge in [-0.2, -0.15) is 5.26 Å². The average molecular weight is 505 g/mol. The third-order valence-corrected chi connectivity index (χ3v) is 8.11. The van der Waals surface area contributed by atoms with Crippen molar-refractivity contribution in [1.82, 2.24) is 15.1 Å². The molecular weight excluding hydrogens is 467 g/mol. The molecule has 196 valence electrons. The number of likely N-dealkylation sites (tertiary alicyclic amines) is 1. The number of nitrogens with zero attached hydrogens (tertiary/aromatic N) is 3. The van der Waals surface area contributed by atoms with Crippen LogP contribution in [0.15, 0.2) is 48.5 Å². The topological polar surface area (TPSA) is 76.4 Å². The summed E-state index contributed by atoms with van der Waals surface area (Å²) in [5, 5.41) is 13.0. The smallest absolute Gasteiger partial charge is 0.319 e. The first-order valence-corrected chi connectivity index (χ1v) is 13.4. The third-order valence-electron chi connectivity index (χ3n) is 8.11. The van der Waals surface area contributed by atoms with Crippen LogP contribution >= 0.6 is 0 Å². The number of unbranched alkanes of at least 4 members (excludes halogenated alkanes) is 2. The molecule has 2 fully saturated rings. The number of carbonyl (C=O) groups excluding carboxylic acids is 2. The molecule has 0 bridgehead atoms. The third kappa shape index (κ3) is 5.40. The minimum atomic E-state index is -1.13. The summed E-state index contributed by atoms with van der Waals surface area (Å²) < 4.78 is 13.6. The summed E-state index contributed by atoms with van der Waals surface area (Å²) in [6.07, 6.45) is 5.44. The lowest BCUT2D eigenvalue weighted by molar-refractivity contribution is -0.132. The highest BCUT2D eigenvalue weighted by molar-refractivity contribution is 6.07. The summed E-state index contributed by atoms with van der Waals surface area (Å²) in [5.41, 5.74) is 1.31. The zero-order chi connectivity index (χ0) is 26.5. The molecule has 6 nitrogen and oxygen atoms in total. The number of imide groups is 1. The summed E-state index contributed by atoms with van der Waals surface area (Å²) in [6.45, 7) is 6.85. The number of rotatable bonds is 10. The minimum Gasteiger partial charge on any atom is -0.319 e. The van der Waals surface area contributed by atoms with Crippen LogP contribution in [0, 0.1) is 24.1 Å². The number of hydrogen-bond donors (Lipinski definition) is 1. The first-order chi connectivity index (χ1) is 17.8. The van der Waals surface area contributed by atoms with Crippen molar-refractivity contribution < 1.29 is 14.0 Å². The average Bonchev–Trinajstić information content (AvgIpc) is 3.15. The maximum Gasteiger partial charge on any atom is 0.325 e. The molecule has 2 aromatic rings. The Morgan fingerprint density at radius 2 is 1.70 bits per heavy atom. The van der Waals surface area contributed by atoms with Gasteiger partial charge in [-0.05, 0) is 81.1 Å². The summed E-state index contributed by atoms with van der Waals surface area (Å²) in [5.74, 6) is -0.618. The Morgan fingerprint density at radius 1 is 1.00 bits per heavy atom. The summed E-state index contributed by atoms with van der Waals surface area (Å²) in [4.78, 5) is 30.2. The molecule has 1 unspecified atom stereocenters. The molecule has 2 aliphatic rings. The normalized spacial score (nSPS) is 21.6. The first-order valence-electron chi connectivity index (χ1n) is 13.4. The van der Waals surface area contributed by atoms with Crippen LogP contribution in [-0.2, 0) is 15.7 Å². The molecule has 4 rings (SSSR count). The van der Waals surface area contributed by atoms with Gasteiger partial charge in [0.25, 0.3) is 5.91 Å². The predicted octanol–water partition coefficient (Wildman–Crippen LogP) is 5.41. The lowest BCUT2D eigenvalue weighted by atomic mass is 9.72. The fourth-order valence-corrected chi connectivity index (χ4v) is 5.88. The van der Waals surface area contributed by atoms with Gasteiger partial charge in [-0.1, -0.05) is 62.6 Å². The van der Waals surface area contributed by atoms with E-state index in [0.29, 0.717) is 24.9 Å². The van der Waals surface area contributed by atoms with Crippen LogP contribution in [0.4, 0.5) is 9.18 Å². The van der Waals surface area contributed by atoms with Crippen LogP contribution in [0.1, 0.15) is 68.6 Å². The van der Waals surface area contributed by atoms with Gasteiger partial charge >= 0.3 is 6.03 Å².